The van der Waals surface area contributed by atoms with Gasteiger partial charge in [-0.3, -0.25) is 4.79 Å². The average Bonchev–Trinajstić information content (AvgIpc) is 1.80. The molecule has 0 aromatic rings. The number of hydrogen-bond donors (Lipinski definition) is 1. The molecule has 0 spiro atoms. The maximum Gasteiger partial charge on any atom is 0.303 e. The Balaban J connectivity index is 3.01. The lowest BCUT2D eigenvalue weighted by molar-refractivity contribution is -0.137. The third-order valence-corrected chi connectivity index (χ3v) is 1.22. The summed E-state index contributed by atoms with van der Waals surface area (Å²) >= 11 is 3.09. The van der Waals surface area contributed by atoms with Crippen LogP contribution in [0.4, 0.5) is 0 Å². The van der Waals surface area contributed by atoms with E-state index in [4.69, 9.17) is 5.11 Å². The van der Waals surface area contributed by atoms with Crippen molar-refractivity contribution in [2.75, 3.05) is 0 Å². The van der Waals surface area contributed by atoms with Crippen molar-refractivity contribution in [1.29, 1.82) is 0 Å². The first-order valence-electron chi connectivity index (χ1n) is 2.74. The molecular formula is C6H9BrO2. The quantitative estimate of drug-likeness (QED) is 0.694. The van der Waals surface area contributed by atoms with Gasteiger partial charge in [-0.05, 0) is 17.8 Å². The minimum atomic E-state index is -0.724. The van der Waals surface area contributed by atoms with Crippen LogP contribution in [-0.2, 0) is 4.79 Å². The van der Waals surface area contributed by atoms with Crippen molar-refractivity contribution in [3.05, 3.63) is 11.1 Å². The largest absolute Gasteiger partial charge is 0.481 e. The predicted molar refractivity (Wildman–Crippen MR) is 39.6 cm³/mol. The molecule has 0 aliphatic heterocycles. The van der Waals surface area contributed by atoms with Gasteiger partial charge in [0.2, 0.25) is 0 Å². The maximum absolute atomic E-state index is 9.93. The SMILES string of the molecule is O=C(O)CCC/C=C\Br. The Morgan fingerprint density at radius 3 is 2.78 bits per heavy atom. The summed E-state index contributed by atoms with van der Waals surface area (Å²) in [6, 6.07) is 0. The molecule has 1 N–H and O–H groups in total. The number of allylic oxidation sites excluding steroid dienone is 1. The molecule has 0 aromatic carbocycles. The van der Waals surface area contributed by atoms with E-state index in [9.17, 15) is 4.79 Å². The van der Waals surface area contributed by atoms with Gasteiger partial charge in [0.25, 0.3) is 0 Å². The smallest absolute Gasteiger partial charge is 0.303 e. The fraction of sp³-hybridized carbons (Fsp3) is 0.500. The first-order valence-corrected chi connectivity index (χ1v) is 3.66. The van der Waals surface area contributed by atoms with Crippen molar-refractivity contribution in [3.63, 3.8) is 0 Å². The molecule has 0 aromatic heterocycles. The van der Waals surface area contributed by atoms with Crippen LogP contribution in [0.5, 0.6) is 0 Å². The van der Waals surface area contributed by atoms with Gasteiger partial charge < -0.3 is 5.11 Å². The van der Waals surface area contributed by atoms with Gasteiger partial charge in [0.15, 0.2) is 0 Å². The van der Waals surface area contributed by atoms with E-state index < -0.39 is 5.97 Å². The molecule has 2 nitrogen and oxygen atoms in total. The Kier molecular flexibility index (Phi) is 5.62. The van der Waals surface area contributed by atoms with E-state index in [0.717, 1.165) is 12.8 Å². The normalized spacial score (nSPS) is 10.3. The van der Waals surface area contributed by atoms with Crippen LogP contribution in [0.2, 0.25) is 0 Å². The zero-order valence-corrected chi connectivity index (χ0v) is 6.60. The number of carbonyl (C=O) groups is 1. The highest BCUT2D eigenvalue weighted by molar-refractivity contribution is 9.11. The predicted octanol–water partition coefficient (Wildman–Crippen LogP) is 2.15. The van der Waals surface area contributed by atoms with Gasteiger partial charge in [-0.25, -0.2) is 0 Å². The summed E-state index contributed by atoms with van der Waals surface area (Å²) in [7, 11) is 0. The number of carboxylic acids is 1. The number of unbranched alkanes of at least 4 members (excludes halogenated alkanes) is 1. The van der Waals surface area contributed by atoms with Gasteiger partial charge in [0.1, 0.15) is 0 Å². The summed E-state index contributed by atoms with van der Waals surface area (Å²) < 4.78 is 0. The van der Waals surface area contributed by atoms with E-state index in [1.54, 1.807) is 4.99 Å². The van der Waals surface area contributed by atoms with E-state index in [0.29, 0.717) is 0 Å². The summed E-state index contributed by atoms with van der Waals surface area (Å²) in [4.78, 5) is 11.7. The van der Waals surface area contributed by atoms with Crippen molar-refractivity contribution in [1.82, 2.24) is 0 Å². The first kappa shape index (κ1) is 8.69. The highest BCUT2D eigenvalue weighted by Gasteiger charge is 1.92. The molecule has 0 saturated heterocycles. The summed E-state index contributed by atoms with van der Waals surface area (Å²) in [5, 5.41) is 8.18. The molecular weight excluding hydrogens is 184 g/mol. The van der Waals surface area contributed by atoms with Gasteiger partial charge in [-0.1, -0.05) is 22.0 Å². The first-order chi connectivity index (χ1) is 4.27. The van der Waals surface area contributed by atoms with Gasteiger partial charge in [-0.15, -0.1) is 0 Å². The Hall–Kier alpha value is -0.310. The number of halogens is 1. The van der Waals surface area contributed by atoms with Crippen LogP contribution in [0, 0.1) is 0 Å². The van der Waals surface area contributed by atoms with Gasteiger partial charge in [0, 0.05) is 6.42 Å². The topological polar surface area (TPSA) is 37.3 Å². The minimum Gasteiger partial charge on any atom is -0.481 e. The number of rotatable bonds is 4. The van der Waals surface area contributed by atoms with Crippen LogP contribution in [-0.4, -0.2) is 11.1 Å². The zero-order valence-electron chi connectivity index (χ0n) is 5.01. The van der Waals surface area contributed by atoms with Crippen LogP contribution in [0.3, 0.4) is 0 Å². The molecule has 0 aliphatic carbocycles. The third-order valence-electron chi connectivity index (χ3n) is 0.851. The highest BCUT2D eigenvalue weighted by Crippen LogP contribution is 1.97. The lowest BCUT2D eigenvalue weighted by Crippen LogP contribution is -1.92. The molecule has 0 atom stereocenters. The van der Waals surface area contributed by atoms with E-state index in [2.05, 4.69) is 15.9 Å². The molecule has 3 heteroatoms. The fourth-order valence-corrected chi connectivity index (χ4v) is 0.698. The van der Waals surface area contributed by atoms with Gasteiger partial charge >= 0.3 is 5.97 Å². The molecule has 0 amide bonds. The Morgan fingerprint density at radius 2 is 2.33 bits per heavy atom. The molecule has 0 rings (SSSR count). The highest BCUT2D eigenvalue weighted by atomic mass is 79.9. The van der Waals surface area contributed by atoms with Gasteiger partial charge in [-0.2, -0.15) is 0 Å². The molecule has 0 aliphatic rings. The number of aliphatic carboxylic acids is 1. The molecule has 0 saturated carbocycles. The van der Waals surface area contributed by atoms with Crippen LogP contribution in [0.15, 0.2) is 11.1 Å². The van der Waals surface area contributed by atoms with Crippen LogP contribution < -0.4 is 0 Å². The van der Waals surface area contributed by atoms with Crippen molar-refractivity contribution < 1.29 is 9.90 Å². The van der Waals surface area contributed by atoms with Gasteiger partial charge in [0.05, 0.1) is 0 Å². The summed E-state index contributed by atoms with van der Waals surface area (Å²) in [6.45, 7) is 0. The lowest BCUT2D eigenvalue weighted by Gasteiger charge is -1.87. The maximum atomic E-state index is 9.93. The monoisotopic (exact) mass is 192 g/mol. The average molecular weight is 193 g/mol. The zero-order chi connectivity index (χ0) is 7.11. The number of hydrogen-bond acceptors (Lipinski definition) is 1. The molecule has 0 bridgehead atoms. The molecule has 9 heavy (non-hydrogen) atoms. The van der Waals surface area contributed by atoms with Crippen LogP contribution in [0.25, 0.3) is 0 Å². The number of carboxylic acid groups (broad SMARTS) is 1. The second-order valence-corrected chi connectivity index (χ2v) is 2.18. The molecule has 0 unspecified atom stereocenters. The van der Waals surface area contributed by atoms with Crippen molar-refractivity contribution in [2.24, 2.45) is 0 Å². The Labute approximate surface area is 62.7 Å². The van der Waals surface area contributed by atoms with Crippen molar-refractivity contribution in [2.45, 2.75) is 19.3 Å². The second kappa shape index (κ2) is 5.82. The lowest BCUT2D eigenvalue weighted by atomic mass is 10.2. The Morgan fingerprint density at radius 1 is 1.67 bits per heavy atom. The van der Waals surface area contributed by atoms with Crippen LogP contribution >= 0.6 is 15.9 Å². The second-order valence-electron chi connectivity index (χ2n) is 1.65. The molecule has 0 heterocycles. The van der Waals surface area contributed by atoms with E-state index in [1.807, 2.05) is 6.08 Å². The third kappa shape index (κ3) is 7.69. The van der Waals surface area contributed by atoms with E-state index in [1.165, 1.54) is 0 Å². The fourth-order valence-electron chi connectivity index (χ4n) is 0.434. The summed E-state index contributed by atoms with van der Waals surface area (Å²) in [5.74, 6) is -0.724. The summed E-state index contributed by atoms with van der Waals surface area (Å²) in [5.41, 5.74) is 0. The van der Waals surface area contributed by atoms with Crippen LogP contribution in [0.1, 0.15) is 19.3 Å². The molecule has 52 valence electrons. The summed E-state index contributed by atoms with van der Waals surface area (Å²) in [6.07, 6.45) is 3.70. The Bertz CT molecular complexity index is 110. The molecule has 0 fully saturated rings. The molecule has 0 radical (unpaired) electrons. The van der Waals surface area contributed by atoms with E-state index in [-0.39, 0.29) is 6.42 Å². The standard InChI is InChI=1S/C6H9BrO2/c7-5-3-1-2-4-6(8)9/h3,5H,1-2,4H2,(H,8,9)/b5-3-. The van der Waals surface area contributed by atoms with Crippen molar-refractivity contribution in [3.8, 4) is 0 Å². The van der Waals surface area contributed by atoms with Crippen molar-refractivity contribution >= 4 is 21.9 Å². The van der Waals surface area contributed by atoms with E-state index >= 15 is 0 Å². The minimum absolute atomic E-state index is 0.261.